The van der Waals surface area contributed by atoms with Gasteiger partial charge in [0.1, 0.15) is 16.7 Å². The minimum atomic E-state index is 0.827. The van der Waals surface area contributed by atoms with E-state index in [1.165, 1.54) is 49.0 Å². The molecule has 0 bridgehead atoms. The summed E-state index contributed by atoms with van der Waals surface area (Å²) < 4.78 is 12.4. The Balaban J connectivity index is 1.43. The fraction of sp³-hybridized carbons (Fsp3) is 0. The number of hydrogen-bond donors (Lipinski definition) is 0. The molecule has 9 aromatic rings. The molecule has 0 amide bonds. The van der Waals surface area contributed by atoms with Crippen LogP contribution in [0.5, 0.6) is 0 Å². The highest BCUT2D eigenvalue weighted by molar-refractivity contribution is 6.25. The van der Waals surface area contributed by atoms with E-state index in [0.717, 1.165) is 38.5 Å². The second kappa shape index (κ2) is 8.08. The van der Waals surface area contributed by atoms with Gasteiger partial charge in [-0.05, 0) is 55.6 Å². The molecule has 0 spiro atoms. The minimum Gasteiger partial charge on any atom is -0.464 e. The van der Waals surface area contributed by atoms with Crippen molar-refractivity contribution in [1.29, 1.82) is 0 Å². The molecular formula is C38H22O2. The summed E-state index contributed by atoms with van der Waals surface area (Å²) in [5.74, 6) is 0. The lowest BCUT2D eigenvalue weighted by molar-refractivity contribution is 0.614. The van der Waals surface area contributed by atoms with Crippen LogP contribution in [0.15, 0.2) is 142 Å². The number of hydrogen-bond acceptors (Lipinski definition) is 2. The first-order valence-corrected chi connectivity index (χ1v) is 13.6. The lowest BCUT2D eigenvalue weighted by atomic mass is 9.84. The standard InChI is InChI=1S/C38H22O2/c1-2-12-24-23(10-1)11-9-18-26(24)37-27-14-3-5-16-29(27)38(30-17-6-4-15-28(30)37)33-22-39-35-21-36-31(20-32(33)35)25-13-7-8-19-34(25)40-36/h1-22H. The molecule has 0 N–H and O–H groups in total. The van der Waals surface area contributed by atoms with Crippen molar-refractivity contribution in [1.82, 2.24) is 0 Å². The number of para-hydroxylation sites is 1. The van der Waals surface area contributed by atoms with Crippen molar-refractivity contribution in [2.75, 3.05) is 0 Å². The Morgan fingerprint density at radius 3 is 1.65 bits per heavy atom. The minimum absolute atomic E-state index is 0.827. The van der Waals surface area contributed by atoms with Gasteiger partial charge < -0.3 is 8.83 Å². The Labute approximate surface area is 229 Å². The Morgan fingerprint density at radius 1 is 0.350 bits per heavy atom. The van der Waals surface area contributed by atoms with Crippen molar-refractivity contribution < 1.29 is 8.83 Å². The topological polar surface area (TPSA) is 26.3 Å². The second-order valence-electron chi connectivity index (χ2n) is 10.5. The lowest BCUT2D eigenvalue weighted by Crippen LogP contribution is -1.91. The first-order valence-electron chi connectivity index (χ1n) is 13.6. The largest absolute Gasteiger partial charge is 0.464 e. The quantitative estimate of drug-likeness (QED) is 0.216. The molecule has 0 unspecified atom stereocenters. The number of furan rings is 2. The molecule has 0 radical (unpaired) electrons. The molecular weight excluding hydrogens is 488 g/mol. The van der Waals surface area contributed by atoms with Gasteiger partial charge in [-0.15, -0.1) is 0 Å². The van der Waals surface area contributed by atoms with Crippen molar-refractivity contribution in [3.63, 3.8) is 0 Å². The first-order chi connectivity index (χ1) is 19.8. The summed E-state index contributed by atoms with van der Waals surface area (Å²) in [6.07, 6.45) is 1.91. The average Bonchev–Trinajstić information content (AvgIpc) is 3.59. The summed E-state index contributed by atoms with van der Waals surface area (Å²) in [5, 5.41) is 10.7. The van der Waals surface area contributed by atoms with Gasteiger partial charge in [0, 0.05) is 33.4 Å². The van der Waals surface area contributed by atoms with Gasteiger partial charge in [0.05, 0.1) is 6.26 Å². The van der Waals surface area contributed by atoms with E-state index in [1.54, 1.807) is 0 Å². The third-order valence-electron chi connectivity index (χ3n) is 8.33. The number of benzene rings is 7. The third kappa shape index (κ3) is 2.93. The normalized spacial score (nSPS) is 12.0. The van der Waals surface area contributed by atoms with E-state index >= 15 is 0 Å². The van der Waals surface area contributed by atoms with Crippen LogP contribution in [0.3, 0.4) is 0 Å². The SMILES string of the molecule is c1ccc2c(-c3c4ccccc4c(-c4coc5cc6oc7ccccc7c6cc45)c4ccccc34)cccc2c1. The van der Waals surface area contributed by atoms with Crippen molar-refractivity contribution in [3.8, 4) is 22.3 Å². The summed E-state index contributed by atoms with van der Waals surface area (Å²) in [7, 11) is 0. The van der Waals surface area contributed by atoms with Crippen molar-refractivity contribution in [2.24, 2.45) is 0 Å². The van der Waals surface area contributed by atoms with E-state index < -0.39 is 0 Å². The molecule has 0 aliphatic rings. The Hall–Kier alpha value is -5.34. The van der Waals surface area contributed by atoms with Gasteiger partial charge in [0.25, 0.3) is 0 Å². The monoisotopic (exact) mass is 510 g/mol. The average molecular weight is 511 g/mol. The smallest absolute Gasteiger partial charge is 0.139 e. The van der Waals surface area contributed by atoms with E-state index in [0.29, 0.717) is 0 Å². The van der Waals surface area contributed by atoms with Crippen molar-refractivity contribution >= 4 is 65.2 Å². The Morgan fingerprint density at radius 2 is 0.925 bits per heavy atom. The van der Waals surface area contributed by atoms with E-state index in [1.807, 2.05) is 24.5 Å². The molecule has 2 nitrogen and oxygen atoms in total. The first kappa shape index (κ1) is 21.6. The molecule has 0 aliphatic carbocycles. The van der Waals surface area contributed by atoms with Crippen LogP contribution in [0.1, 0.15) is 0 Å². The van der Waals surface area contributed by atoms with E-state index in [4.69, 9.17) is 8.83 Å². The number of rotatable bonds is 2. The van der Waals surface area contributed by atoms with Gasteiger partial charge in [-0.25, -0.2) is 0 Å². The summed E-state index contributed by atoms with van der Waals surface area (Å²) in [5.41, 5.74) is 7.37. The predicted octanol–water partition coefficient (Wildman–Crippen LogP) is 11.1. The maximum Gasteiger partial charge on any atom is 0.139 e. The molecule has 0 fully saturated rings. The maximum absolute atomic E-state index is 6.22. The summed E-state index contributed by atoms with van der Waals surface area (Å²) in [6, 6.07) is 45.3. The molecule has 2 heterocycles. The zero-order valence-electron chi connectivity index (χ0n) is 21.5. The molecule has 9 rings (SSSR count). The van der Waals surface area contributed by atoms with E-state index in [-0.39, 0.29) is 0 Å². The maximum atomic E-state index is 6.22. The van der Waals surface area contributed by atoms with Crippen LogP contribution in [0.2, 0.25) is 0 Å². The van der Waals surface area contributed by atoms with Crippen LogP contribution in [0.25, 0.3) is 87.5 Å². The second-order valence-corrected chi connectivity index (χ2v) is 10.5. The third-order valence-corrected chi connectivity index (χ3v) is 8.33. The van der Waals surface area contributed by atoms with Crippen LogP contribution in [0, 0.1) is 0 Å². The number of fused-ring (bicyclic) bond motifs is 7. The highest BCUT2D eigenvalue weighted by atomic mass is 16.3. The molecule has 0 saturated carbocycles. The zero-order chi connectivity index (χ0) is 26.2. The van der Waals surface area contributed by atoms with Gasteiger partial charge in [-0.3, -0.25) is 0 Å². The van der Waals surface area contributed by atoms with Crippen molar-refractivity contribution in [3.05, 3.63) is 134 Å². The van der Waals surface area contributed by atoms with Gasteiger partial charge in [-0.1, -0.05) is 109 Å². The van der Waals surface area contributed by atoms with Crippen LogP contribution in [0.4, 0.5) is 0 Å². The van der Waals surface area contributed by atoms with E-state index in [9.17, 15) is 0 Å². The molecule has 40 heavy (non-hydrogen) atoms. The van der Waals surface area contributed by atoms with Gasteiger partial charge in [0.15, 0.2) is 0 Å². The van der Waals surface area contributed by atoms with Crippen LogP contribution in [-0.2, 0) is 0 Å². The Kier molecular flexibility index (Phi) is 4.36. The highest BCUT2D eigenvalue weighted by Gasteiger charge is 2.21. The van der Waals surface area contributed by atoms with Gasteiger partial charge >= 0.3 is 0 Å². The predicted molar refractivity (Wildman–Crippen MR) is 167 cm³/mol. The molecule has 2 heteroatoms. The van der Waals surface area contributed by atoms with Gasteiger partial charge in [-0.2, -0.15) is 0 Å². The lowest BCUT2D eigenvalue weighted by Gasteiger charge is -2.18. The van der Waals surface area contributed by atoms with Crippen LogP contribution in [-0.4, -0.2) is 0 Å². The molecule has 186 valence electrons. The molecule has 0 atom stereocenters. The highest BCUT2D eigenvalue weighted by Crippen LogP contribution is 2.47. The summed E-state index contributed by atoms with van der Waals surface area (Å²) >= 11 is 0. The van der Waals surface area contributed by atoms with Crippen LogP contribution < -0.4 is 0 Å². The van der Waals surface area contributed by atoms with Gasteiger partial charge in [0.2, 0.25) is 0 Å². The molecule has 0 saturated heterocycles. The van der Waals surface area contributed by atoms with Crippen LogP contribution >= 0.6 is 0 Å². The van der Waals surface area contributed by atoms with Crippen molar-refractivity contribution in [2.45, 2.75) is 0 Å². The Bertz CT molecular complexity index is 2370. The molecule has 7 aromatic carbocycles. The molecule has 2 aromatic heterocycles. The molecule has 0 aliphatic heterocycles. The summed E-state index contributed by atoms with van der Waals surface area (Å²) in [4.78, 5) is 0. The zero-order valence-corrected chi connectivity index (χ0v) is 21.5. The fourth-order valence-electron chi connectivity index (χ4n) is 6.59. The fourth-order valence-corrected chi connectivity index (χ4v) is 6.59. The van der Waals surface area contributed by atoms with E-state index in [2.05, 4.69) is 109 Å². The summed E-state index contributed by atoms with van der Waals surface area (Å²) in [6.45, 7) is 0.